The van der Waals surface area contributed by atoms with E-state index in [0.29, 0.717) is 5.82 Å². The highest BCUT2D eigenvalue weighted by Gasteiger charge is 2.29. The van der Waals surface area contributed by atoms with Crippen molar-refractivity contribution < 1.29 is 19.7 Å². The Kier molecular flexibility index (Phi) is 3.19. The Labute approximate surface area is 102 Å². The second kappa shape index (κ2) is 4.65. The Morgan fingerprint density at radius 1 is 1.56 bits per heavy atom. The highest BCUT2D eigenvalue weighted by atomic mass is 16.5. The van der Waals surface area contributed by atoms with E-state index in [1.165, 1.54) is 11.7 Å². The molecule has 0 aliphatic carbocycles. The molecule has 1 aromatic rings. The summed E-state index contributed by atoms with van der Waals surface area (Å²) in [6, 6.07) is -0.0219. The van der Waals surface area contributed by atoms with Gasteiger partial charge in [-0.3, -0.25) is 0 Å². The van der Waals surface area contributed by atoms with Crippen molar-refractivity contribution in [3.63, 3.8) is 0 Å². The molecular formula is C10H13N3O5. The summed E-state index contributed by atoms with van der Waals surface area (Å²) in [6.07, 6.45) is -0.655. The van der Waals surface area contributed by atoms with E-state index in [9.17, 15) is 9.90 Å². The maximum absolute atomic E-state index is 11.8. The van der Waals surface area contributed by atoms with Gasteiger partial charge in [-0.1, -0.05) is 0 Å². The normalized spacial score (nSPS) is 18.9. The van der Waals surface area contributed by atoms with E-state index in [1.807, 2.05) is 0 Å². The number of methoxy groups -OCH3 is 1. The third-order valence-electron chi connectivity index (χ3n) is 2.59. The monoisotopic (exact) mass is 255 g/mol. The van der Waals surface area contributed by atoms with Crippen LogP contribution < -0.4 is 10.4 Å². The third-order valence-corrected chi connectivity index (χ3v) is 2.59. The fraction of sp³-hybridized carbons (Fsp3) is 0.500. The molecule has 1 aliphatic rings. The third kappa shape index (κ3) is 2.02. The summed E-state index contributed by atoms with van der Waals surface area (Å²) >= 11 is 0. The Morgan fingerprint density at radius 3 is 2.78 bits per heavy atom. The van der Waals surface area contributed by atoms with E-state index in [2.05, 4.69) is 9.97 Å². The number of aliphatic hydroxyl groups is 2. The molecule has 2 N–H and O–H groups in total. The van der Waals surface area contributed by atoms with Crippen LogP contribution in [0.3, 0.4) is 0 Å². The van der Waals surface area contributed by atoms with Crippen molar-refractivity contribution in [3.05, 3.63) is 27.8 Å². The van der Waals surface area contributed by atoms with Crippen molar-refractivity contribution >= 4 is 0 Å². The molecule has 98 valence electrons. The lowest BCUT2D eigenvalue weighted by Gasteiger charge is -2.16. The predicted octanol–water partition coefficient (Wildman–Crippen LogP) is -0.364. The summed E-state index contributed by atoms with van der Waals surface area (Å²) in [4.78, 5) is 19.4. The number of aryl methyl sites for hydroxylation is 1. The molecule has 1 aromatic heterocycles. The van der Waals surface area contributed by atoms with Crippen LogP contribution >= 0.6 is 0 Å². The van der Waals surface area contributed by atoms with E-state index < -0.39 is 18.5 Å². The Balaban J connectivity index is 2.35. The molecule has 0 unspecified atom stereocenters. The van der Waals surface area contributed by atoms with Gasteiger partial charge in [-0.05, 0) is 6.92 Å². The molecule has 0 radical (unpaired) electrons. The first-order valence-corrected chi connectivity index (χ1v) is 5.26. The SMILES string of the molecule is COc1nc(C)n([C@H]2CC(O)=C(CO)O2)c(=O)n1. The molecular weight excluding hydrogens is 242 g/mol. The van der Waals surface area contributed by atoms with Crippen LogP contribution in [-0.2, 0) is 4.74 Å². The number of hydrogen-bond donors (Lipinski definition) is 2. The van der Waals surface area contributed by atoms with E-state index >= 15 is 0 Å². The average Bonchev–Trinajstić information content (AvgIpc) is 2.69. The lowest BCUT2D eigenvalue weighted by Crippen LogP contribution is -2.30. The number of aromatic nitrogens is 3. The van der Waals surface area contributed by atoms with Crippen LogP contribution in [0, 0.1) is 6.92 Å². The summed E-state index contributed by atoms with van der Waals surface area (Å²) in [6.45, 7) is 1.18. The van der Waals surface area contributed by atoms with Gasteiger partial charge in [0.05, 0.1) is 13.5 Å². The minimum absolute atomic E-state index is 0.0219. The first-order chi connectivity index (χ1) is 8.56. The van der Waals surface area contributed by atoms with Gasteiger partial charge in [0.1, 0.15) is 18.2 Å². The van der Waals surface area contributed by atoms with Crippen LogP contribution in [-0.4, -0.2) is 38.5 Å². The molecule has 0 saturated heterocycles. The molecule has 8 nitrogen and oxygen atoms in total. The zero-order valence-electron chi connectivity index (χ0n) is 9.95. The van der Waals surface area contributed by atoms with Gasteiger partial charge >= 0.3 is 11.7 Å². The topological polar surface area (TPSA) is 107 Å². The minimum Gasteiger partial charge on any atom is -0.508 e. The zero-order valence-corrected chi connectivity index (χ0v) is 9.95. The van der Waals surface area contributed by atoms with Crippen LogP contribution in [0.2, 0.25) is 0 Å². The molecule has 2 rings (SSSR count). The Hall–Kier alpha value is -2.09. The van der Waals surface area contributed by atoms with E-state index in [0.717, 1.165) is 0 Å². The molecule has 8 heteroatoms. The van der Waals surface area contributed by atoms with Gasteiger partial charge < -0.3 is 19.7 Å². The average molecular weight is 255 g/mol. The van der Waals surface area contributed by atoms with Crippen molar-refractivity contribution in [1.82, 2.24) is 14.5 Å². The van der Waals surface area contributed by atoms with Crippen molar-refractivity contribution in [3.8, 4) is 6.01 Å². The summed E-state index contributed by atoms with van der Waals surface area (Å²) in [5.41, 5.74) is -0.587. The number of rotatable bonds is 3. The first-order valence-electron chi connectivity index (χ1n) is 5.26. The van der Waals surface area contributed by atoms with Gasteiger partial charge in [0.15, 0.2) is 12.0 Å². The molecule has 0 saturated carbocycles. The molecule has 0 bridgehead atoms. The minimum atomic E-state index is -0.745. The fourth-order valence-electron chi connectivity index (χ4n) is 1.74. The maximum Gasteiger partial charge on any atom is 0.356 e. The first kappa shape index (κ1) is 12.4. The van der Waals surface area contributed by atoms with Crippen LogP contribution in [0.25, 0.3) is 0 Å². The molecule has 0 spiro atoms. The van der Waals surface area contributed by atoms with Crippen molar-refractivity contribution in [2.75, 3.05) is 13.7 Å². The van der Waals surface area contributed by atoms with Gasteiger partial charge in [-0.25, -0.2) is 9.36 Å². The Bertz CT molecular complexity index is 551. The smallest absolute Gasteiger partial charge is 0.356 e. The number of ether oxygens (including phenoxy) is 2. The van der Waals surface area contributed by atoms with Gasteiger partial charge in [0.25, 0.3) is 0 Å². The summed E-state index contributed by atoms with van der Waals surface area (Å²) in [5, 5.41) is 18.5. The van der Waals surface area contributed by atoms with E-state index in [4.69, 9.17) is 14.6 Å². The molecule has 0 aromatic carbocycles. The zero-order chi connectivity index (χ0) is 13.3. The number of hydrogen-bond acceptors (Lipinski definition) is 7. The molecule has 1 aliphatic heterocycles. The predicted molar refractivity (Wildman–Crippen MR) is 59.1 cm³/mol. The maximum atomic E-state index is 11.8. The quantitative estimate of drug-likeness (QED) is 0.759. The molecule has 0 amide bonds. The molecule has 0 fully saturated rings. The lowest BCUT2D eigenvalue weighted by molar-refractivity contribution is 0.0560. The summed E-state index contributed by atoms with van der Waals surface area (Å²) in [7, 11) is 1.36. The summed E-state index contributed by atoms with van der Waals surface area (Å²) < 4.78 is 11.2. The largest absolute Gasteiger partial charge is 0.508 e. The van der Waals surface area contributed by atoms with Crippen LogP contribution in [0.4, 0.5) is 0 Å². The number of aliphatic hydroxyl groups excluding tert-OH is 2. The van der Waals surface area contributed by atoms with Crippen molar-refractivity contribution in [1.29, 1.82) is 0 Å². The molecule has 18 heavy (non-hydrogen) atoms. The standard InChI is InChI=1S/C10H13N3O5/c1-5-11-9(17-2)12-10(16)13(5)8-3-6(15)7(4-14)18-8/h8,14-15H,3-4H2,1-2H3/t8-/m1/s1. The summed E-state index contributed by atoms with van der Waals surface area (Å²) in [5.74, 6) is 0.329. The Morgan fingerprint density at radius 2 is 2.28 bits per heavy atom. The highest BCUT2D eigenvalue weighted by molar-refractivity contribution is 5.08. The molecule has 2 heterocycles. The van der Waals surface area contributed by atoms with Crippen molar-refractivity contribution in [2.45, 2.75) is 19.6 Å². The van der Waals surface area contributed by atoms with Gasteiger partial charge in [-0.15, -0.1) is 4.98 Å². The van der Waals surface area contributed by atoms with Crippen molar-refractivity contribution in [2.24, 2.45) is 0 Å². The van der Waals surface area contributed by atoms with Gasteiger partial charge in [0.2, 0.25) is 0 Å². The van der Waals surface area contributed by atoms with Gasteiger partial charge in [0, 0.05) is 0 Å². The second-order valence-electron chi connectivity index (χ2n) is 3.71. The van der Waals surface area contributed by atoms with E-state index in [-0.39, 0.29) is 23.9 Å². The van der Waals surface area contributed by atoms with E-state index in [1.54, 1.807) is 6.92 Å². The van der Waals surface area contributed by atoms with Crippen LogP contribution in [0.15, 0.2) is 16.3 Å². The highest BCUT2D eigenvalue weighted by Crippen LogP contribution is 2.29. The lowest BCUT2D eigenvalue weighted by atomic mass is 10.3. The second-order valence-corrected chi connectivity index (χ2v) is 3.71. The fourth-order valence-corrected chi connectivity index (χ4v) is 1.74. The number of nitrogens with zero attached hydrogens (tertiary/aromatic N) is 3. The van der Waals surface area contributed by atoms with Crippen LogP contribution in [0.1, 0.15) is 18.5 Å². The van der Waals surface area contributed by atoms with Gasteiger partial charge in [-0.2, -0.15) is 4.98 Å². The molecule has 1 atom stereocenters. The van der Waals surface area contributed by atoms with Crippen LogP contribution in [0.5, 0.6) is 6.01 Å².